The third-order valence-corrected chi connectivity index (χ3v) is 10.2. The van der Waals surface area contributed by atoms with Gasteiger partial charge in [-0.3, -0.25) is 19.3 Å². The van der Waals surface area contributed by atoms with E-state index in [-0.39, 0.29) is 55.5 Å². The molecule has 0 radical (unpaired) electrons. The number of nitrogens with zero attached hydrogens (tertiary/aromatic N) is 1. The summed E-state index contributed by atoms with van der Waals surface area (Å²) in [6.45, 7) is 22.0. The zero-order valence-electron chi connectivity index (χ0n) is 36.2. The summed E-state index contributed by atoms with van der Waals surface area (Å²) >= 11 is 0. The van der Waals surface area contributed by atoms with Crippen LogP contribution in [0.4, 0.5) is 4.79 Å². The number of benzene rings is 1. The largest absolute Gasteiger partial charge is 0.493 e. The van der Waals surface area contributed by atoms with Gasteiger partial charge in [0, 0.05) is 58.4 Å². The molecule has 1 aromatic carbocycles. The van der Waals surface area contributed by atoms with E-state index in [9.17, 15) is 24.3 Å². The van der Waals surface area contributed by atoms with E-state index in [4.69, 9.17) is 29.4 Å². The van der Waals surface area contributed by atoms with Crippen LogP contribution in [0.5, 0.6) is 11.5 Å². The molecule has 326 valence electrons. The first-order valence-electron chi connectivity index (χ1n) is 20.5. The van der Waals surface area contributed by atoms with Gasteiger partial charge in [0.1, 0.15) is 23.7 Å². The summed E-state index contributed by atoms with van der Waals surface area (Å²) in [5.74, 6) is -1.17. The van der Waals surface area contributed by atoms with Crippen molar-refractivity contribution in [3.63, 3.8) is 0 Å². The Morgan fingerprint density at radius 2 is 1.58 bits per heavy atom. The minimum absolute atomic E-state index is 0.0272. The van der Waals surface area contributed by atoms with Gasteiger partial charge in [0.05, 0.1) is 42.9 Å². The molecule has 15 heteroatoms. The molecule has 0 bridgehead atoms. The van der Waals surface area contributed by atoms with E-state index >= 15 is 0 Å². The Morgan fingerprint density at radius 3 is 2.18 bits per heavy atom. The number of rotatable bonds is 25. The molecule has 0 aliphatic carbocycles. The van der Waals surface area contributed by atoms with Crippen LogP contribution in [0.3, 0.4) is 0 Å². The molecule has 1 fully saturated rings. The number of hydrogen-bond donors (Lipinski definition) is 5. The zero-order valence-corrected chi connectivity index (χ0v) is 36.2. The van der Waals surface area contributed by atoms with Crippen molar-refractivity contribution >= 4 is 23.8 Å². The van der Waals surface area contributed by atoms with Gasteiger partial charge in [-0.15, -0.1) is 0 Å². The van der Waals surface area contributed by atoms with E-state index in [2.05, 4.69) is 20.9 Å². The second-order valence-corrected chi connectivity index (χ2v) is 17.3. The molecule has 1 saturated heterocycles. The molecule has 6 N–H and O–H groups in total. The summed E-state index contributed by atoms with van der Waals surface area (Å²) in [6, 6.07) is 4.39. The minimum atomic E-state index is -1.15. The number of nitrogens with two attached hydrogens (primary N) is 1. The summed E-state index contributed by atoms with van der Waals surface area (Å²) in [7, 11) is 1.65. The highest BCUT2D eigenvalue weighted by molar-refractivity contribution is 5.97. The smallest absolute Gasteiger partial charge is 0.407 e. The molecule has 4 atom stereocenters. The Kier molecular flexibility index (Phi) is 21.1. The lowest BCUT2D eigenvalue weighted by atomic mass is 9.82. The second kappa shape index (κ2) is 24.3. The van der Waals surface area contributed by atoms with Gasteiger partial charge in [-0.1, -0.05) is 27.7 Å². The maximum absolute atomic E-state index is 13.8. The van der Waals surface area contributed by atoms with Crippen LogP contribution >= 0.6 is 0 Å². The van der Waals surface area contributed by atoms with Crippen molar-refractivity contribution in [2.75, 3.05) is 72.9 Å². The topological polar surface area (TPSA) is 200 Å². The third-order valence-electron chi connectivity index (χ3n) is 10.2. The van der Waals surface area contributed by atoms with Gasteiger partial charge in [-0.25, -0.2) is 4.79 Å². The van der Waals surface area contributed by atoms with Gasteiger partial charge in [0.2, 0.25) is 11.8 Å². The van der Waals surface area contributed by atoms with Crippen LogP contribution in [0.2, 0.25) is 0 Å². The Labute approximate surface area is 340 Å². The Morgan fingerprint density at radius 1 is 0.912 bits per heavy atom. The maximum atomic E-state index is 13.8. The van der Waals surface area contributed by atoms with Crippen LogP contribution in [0.25, 0.3) is 0 Å². The first-order valence-corrected chi connectivity index (χ1v) is 20.5. The Hall–Kier alpha value is -3.66. The van der Waals surface area contributed by atoms with E-state index in [1.165, 1.54) is 0 Å². The van der Waals surface area contributed by atoms with Crippen molar-refractivity contribution in [3.05, 3.63) is 23.8 Å². The summed E-state index contributed by atoms with van der Waals surface area (Å²) in [5, 5.41) is 20.4. The lowest BCUT2D eigenvalue weighted by Crippen LogP contribution is -2.50. The van der Waals surface area contributed by atoms with E-state index in [1.807, 2.05) is 27.7 Å². The number of alkyl carbamates (subject to hydrolysis) is 1. The van der Waals surface area contributed by atoms with Crippen LogP contribution in [0.15, 0.2) is 18.2 Å². The molecular formula is C42H73N5O10. The molecule has 0 aromatic heterocycles. The van der Waals surface area contributed by atoms with Crippen LogP contribution in [0.1, 0.15) is 98.4 Å². The van der Waals surface area contributed by atoms with Crippen LogP contribution in [-0.2, 0) is 23.8 Å². The maximum Gasteiger partial charge on any atom is 0.407 e. The number of ether oxygens (including phenoxy) is 5. The molecular weight excluding hydrogens is 734 g/mol. The summed E-state index contributed by atoms with van der Waals surface area (Å²) < 4.78 is 28.3. The van der Waals surface area contributed by atoms with E-state index < -0.39 is 41.1 Å². The van der Waals surface area contributed by atoms with E-state index in [0.29, 0.717) is 50.1 Å². The number of methoxy groups -OCH3 is 1. The Balaban J connectivity index is 2.25. The zero-order chi connectivity index (χ0) is 42.8. The summed E-state index contributed by atoms with van der Waals surface area (Å²) in [6.07, 6.45) is 0.00928. The third kappa shape index (κ3) is 18.6. The number of unbranched alkanes of at least 4 members (excludes halogenated alkanes) is 1. The molecule has 15 nitrogen and oxygen atoms in total. The average Bonchev–Trinajstić information content (AvgIpc) is 3.13. The van der Waals surface area contributed by atoms with E-state index in [1.54, 1.807) is 59.9 Å². The van der Waals surface area contributed by atoms with Crippen LogP contribution in [-0.4, -0.2) is 124 Å². The number of aliphatic hydroxyl groups excluding tert-OH is 1. The number of nitrogens with one attached hydrogen (secondary N) is 3. The van der Waals surface area contributed by atoms with Gasteiger partial charge < -0.3 is 50.5 Å². The van der Waals surface area contributed by atoms with Crippen molar-refractivity contribution < 1.29 is 48.0 Å². The number of primary amides is 1. The van der Waals surface area contributed by atoms with Gasteiger partial charge in [0.25, 0.3) is 5.91 Å². The highest BCUT2D eigenvalue weighted by atomic mass is 16.6. The van der Waals surface area contributed by atoms with Crippen molar-refractivity contribution in [1.82, 2.24) is 20.9 Å². The molecule has 1 heterocycles. The lowest BCUT2D eigenvalue weighted by Gasteiger charge is -2.33. The number of morpholine rings is 1. The molecule has 1 aliphatic rings. The highest BCUT2D eigenvalue weighted by Gasteiger charge is 2.34. The summed E-state index contributed by atoms with van der Waals surface area (Å²) in [4.78, 5) is 54.4. The van der Waals surface area contributed by atoms with Crippen molar-refractivity contribution in [2.24, 2.45) is 34.8 Å². The summed E-state index contributed by atoms with van der Waals surface area (Å²) in [5.41, 5.74) is 4.12. The molecule has 1 aliphatic heterocycles. The number of aliphatic hydroxyl groups is 1. The number of carbonyl (C=O) groups is 4. The second-order valence-electron chi connectivity index (χ2n) is 17.3. The molecule has 4 amide bonds. The predicted octanol–water partition coefficient (Wildman–Crippen LogP) is 4.14. The fourth-order valence-electron chi connectivity index (χ4n) is 6.19. The monoisotopic (exact) mass is 808 g/mol. The highest BCUT2D eigenvalue weighted by Crippen LogP contribution is 2.28. The molecule has 0 saturated carbocycles. The van der Waals surface area contributed by atoms with Crippen molar-refractivity contribution in [3.8, 4) is 11.5 Å². The fraction of sp³-hybridized carbons (Fsp3) is 0.762. The molecule has 1 aromatic rings. The number of carbonyl (C=O) groups excluding carboxylic acids is 4. The average molecular weight is 808 g/mol. The van der Waals surface area contributed by atoms with Gasteiger partial charge in [0.15, 0.2) is 0 Å². The molecule has 0 spiro atoms. The quantitative estimate of drug-likeness (QED) is 0.0890. The first-order chi connectivity index (χ1) is 26.7. The standard InChI is InChI=1S/C42H73N5O10/c1-28(2)30(23-34(46-40(52)57-41(5,6)7)35(48)25-33(29(3)4)38(50)45-27-42(8,9)39(43)51)26-44-37(49)32-14-13-31(24-36(32)56-19-12-11-18-53-10)55-22-17-47-15-20-54-21-16-47/h13-14,24,28-30,33-35,48H,11-12,15-23,25-27H2,1-10H3,(H2,43,51)(H,44,49)(H,45,50)(H,46,52)/t30-,33+,34+,35+/m1/s1. The van der Waals surface area contributed by atoms with Crippen LogP contribution < -0.4 is 31.2 Å². The fourth-order valence-corrected chi connectivity index (χ4v) is 6.19. The molecule has 57 heavy (non-hydrogen) atoms. The first kappa shape index (κ1) is 49.5. The van der Waals surface area contributed by atoms with Crippen LogP contribution in [0, 0.1) is 29.1 Å². The molecule has 0 unspecified atom stereocenters. The normalized spacial score (nSPS) is 16.0. The number of amides is 4. The SMILES string of the molecule is COCCCCOc1cc(OCCN2CCOCC2)ccc1C(=O)NC[C@@H](C[C@H](NC(=O)OC(C)(C)C)[C@@H](O)C[C@H](C(=O)NCC(C)(C)C(N)=O)C(C)C)C(C)C. The predicted molar refractivity (Wildman–Crippen MR) is 219 cm³/mol. The van der Waals surface area contributed by atoms with Crippen molar-refractivity contribution in [1.29, 1.82) is 0 Å². The van der Waals surface area contributed by atoms with E-state index in [0.717, 1.165) is 32.5 Å². The minimum Gasteiger partial charge on any atom is -0.493 e. The Bertz CT molecular complexity index is 1390. The van der Waals surface area contributed by atoms with Crippen molar-refractivity contribution in [2.45, 2.75) is 106 Å². The van der Waals surface area contributed by atoms with Gasteiger partial charge >= 0.3 is 6.09 Å². The van der Waals surface area contributed by atoms with Gasteiger partial charge in [-0.05, 0) is 90.2 Å². The van der Waals surface area contributed by atoms with Gasteiger partial charge in [-0.2, -0.15) is 0 Å². The lowest BCUT2D eigenvalue weighted by molar-refractivity contribution is -0.130. The number of hydrogen-bond acceptors (Lipinski definition) is 11. The molecule has 2 rings (SSSR count).